The summed E-state index contributed by atoms with van der Waals surface area (Å²) in [6.07, 6.45) is 0.767. The fourth-order valence-electron chi connectivity index (χ4n) is 0.217. The zero-order valence-electron chi connectivity index (χ0n) is 5.79. The Bertz CT molecular complexity index is 159. The molecule has 4 heteroatoms. The van der Waals surface area contributed by atoms with Gasteiger partial charge in [-0.05, 0) is 6.92 Å². The van der Waals surface area contributed by atoms with Gasteiger partial charge in [-0.2, -0.15) is 0 Å². The maximum atomic E-state index is 10.2. The summed E-state index contributed by atoms with van der Waals surface area (Å²) in [5.74, 6) is 0. The van der Waals surface area contributed by atoms with Crippen LogP contribution in [-0.2, 0) is 14.3 Å². The van der Waals surface area contributed by atoms with Gasteiger partial charge in [0.2, 0.25) is 0 Å². The molecule has 0 aromatic heterocycles. The molecule has 56 valence electrons. The van der Waals surface area contributed by atoms with Gasteiger partial charge in [0.15, 0.2) is 0 Å². The van der Waals surface area contributed by atoms with Gasteiger partial charge >= 0.3 is 6.16 Å². The molecule has 4 nitrogen and oxygen atoms in total. The topological polar surface area (TPSA) is 52.6 Å². The number of aldehydes is 1. The fraction of sp³-hybridized carbons (Fsp3) is 0.333. The number of carbonyl (C=O) groups is 2. The van der Waals surface area contributed by atoms with Crippen molar-refractivity contribution in [3.05, 3.63) is 11.8 Å². The van der Waals surface area contributed by atoms with E-state index in [1.165, 1.54) is 14.0 Å². The van der Waals surface area contributed by atoms with Crippen molar-refractivity contribution in [2.45, 2.75) is 6.92 Å². The van der Waals surface area contributed by atoms with Gasteiger partial charge in [-0.25, -0.2) is 4.79 Å². The third kappa shape index (κ3) is 3.65. The maximum absolute atomic E-state index is 10.2. The highest BCUT2D eigenvalue weighted by Crippen LogP contribution is 1.89. The number of ether oxygens (including phenoxy) is 2. The van der Waals surface area contributed by atoms with Crippen molar-refractivity contribution in [2.24, 2.45) is 0 Å². The molecule has 0 fully saturated rings. The van der Waals surface area contributed by atoms with Crippen LogP contribution in [0.2, 0.25) is 0 Å². The molecular formula is C6H8O4. The Morgan fingerprint density at radius 1 is 1.50 bits per heavy atom. The lowest BCUT2D eigenvalue weighted by Crippen LogP contribution is -1.98. The first-order valence-corrected chi connectivity index (χ1v) is 2.57. The van der Waals surface area contributed by atoms with Gasteiger partial charge in [0.05, 0.1) is 7.11 Å². The second-order valence-corrected chi connectivity index (χ2v) is 1.55. The minimum atomic E-state index is -0.832. The summed E-state index contributed by atoms with van der Waals surface area (Å²) in [4.78, 5) is 20.1. The Hall–Kier alpha value is -1.32. The van der Waals surface area contributed by atoms with E-state index in [1.54, 1.807) is 0 Å². The van der Waals surface area contributed by atoms with Crippen LogP contribution in [0.15, 0.2) is 11.8 Å². The molecule has 0 heterocycles. The van der Waals surface area contributed by atoms with E-state index in [4.69, 9.17) is 0 Å². The lowest BCUT2D eigenvalue weighted by molar-refractivity contribution is -0.104. The summed E-state index contributed by atoms with van der Waals surface area (Å²) < 4.78 is 8.41. The van der Waals surface area contributed by atoms with Crippen LogP contribution in [0.25, 0.3) is 0 Å². The van der Waals surface area contributed by atoms with E-state index in [0.29, 0.717) is 11.9 Å². The average molecular weight is 144 g/mol. The van der Waals surface area contributed by atoms with Crippen LogP contribution in [0.3, 0.4) is 0 Å². The third-order valence-corrected chi connectivity index (χ3v) is 0.694. The van der Waals surface area contributed by atoms with Gasteiger partial charge in [-0.3, -0.25) is 4.79 Å². The highest BCUT2D eigenvalue weighted by Gasteiger charge is 1.95. The predicted octanol–water partition coefficient (Wildman–Crippen LogP) is 0.872. The molecular weight excluding hydrogens is 136 g/mol. The van der Waals surface area contributed by atoms with Crippen molar-refractivity contribution >= 4 is 12.4 Å². The van der Waals surface area contributed by atoms with Gasteiger partial charge in [0, 0.05) is 5.57 Å². The molecule has 0 radical (unpaired) electrons. The molecule has 0 aliphatic heterocycles. The number of rotatable bonds is 2. The Labute approximate surface area is 58.4 Å². The van der Waals surface area contributed by atoms with Crippen molar-refractivity contribution in [2.75, 3.05) is 7.11 Å². The van der Waals surface area contributed by atoms with Crippen LogP contribution < -0.4 is 0 Å². The van der Waals surface area contributed by atoms with Gasteiger partial charge in [-0.1, -0.05) is 0 Å². The van der Waals surface area contributed by atoms with Crippen LogP contribution in [0.5, 0.6) is 0 Å². The second-order valence-electron chi connectivity index (χ2n) is 1.55. The van der Waals surface area contributed by atoms with Crippen LogP contribution >= 0.6 is 0 Å². The van der Waals surface area contributed by atoms with Gasteiger partial charge < -0.3 is 9.47 Å². The largest absolute Gasteiger partial charge is 0.512 e. The van der Waals surface area contributed by atoms with Crippen molar-refractivity contribution in [1.82, 2.24) is 0 Å². The molecule has 0 atom stereocenters. The zero-order chi connectivity index (χ0) is 7.98. The summed E-state index contributed by atoms with van der Waals surface area (Å²) in [6, 6.07) is 0. The van der Waals surface area contributed by atoms with E-state index in [-0.39, 0.29) is 0 Å². The molecule has 0 aromatic carbocycles. The highest BCUT2D eigenvalue weighted by atomic mass is 16.7. The number of hydrogen-bond acceptors (Lipinski definition) is 4. The van der Waals surface area contributed by atoms with Gasteiger partial charge in [0.25, 0.3) is 0 Å². The van der Waals surface area contributed by atoms with E-state index in [1.807, 2.05) is 0 Å². The normalized spacial score (nSPS) is 10.4. The van der Waals surface area contributed by atoms with E-state index >= 15 is 0 Å². The molecule has 0 saturated heterocycles. The zero-order valence-corrected chi connectivity index (χ0v) is 5.79. The smallest absolute Gasteiger partial charge is 0.437 e. The van der Waals surface area contributed by atoms with E-state index in [9.17, 15) is 9.59 Å². The minimum absolute atomic E-state index is 0.324. The summed E-state index contributed by atoms with van der Waals surface area (Å²) >= 11 is 0. The van der Waals surface area contributed by atoms with Crippen LogP contribution in [0.4, 0.5) is 4.79 Å². The Morgan fingerprint density at radius 2 is 2.10 bits per heavy atom. The first kappa shape index (κ1) is 8.68. The van der Waals surface area contributed by atoms with Crippen molar-refractivity contribution in [3.63, 3.8) is 0 Å². The van der Waals surface area contributed by atoms with Crippen molar-refractivity contribution < 1.29 is 19.1 Å². The summed E-state index contributed by atoms with van der Waals surface area (Å²) in [7, 11) is 1.19. The Morgan fingerprint density at radius 3 is 2.50 bits per heavy atom. The Balaban J connectivity index is 3.71. The highest BCUT2D eigenvalue weighted by molar-refractivity contribution is 5.72. The number of allylic oxidation sites excluding steroid dienone is 1. The average Bonchev–Trinajstić information content (AvgIpc) is 1.99. The first-order valence-electron chi connectivity index (χ1n) is 2.57. The van der Waals surface area contributed by atoms with E-state index in [2.05, 4.69) is 9.47 Å². The third-order valence-electron chi connectivity index (χ3n) is 0.694. The number of carbonyl (C=O) groups excluding carboxylic acids is 2. The van der Waals surface area contributed by atoms with Crippen molar-refractivity contribution in [1.29, 1.82) is 0 Å². The lowest BCUT2D eigenvalue weighted by Gasteiger charge is -1.94. The van der Waals surface area contributed by atoms with Gasteiger partial charge in [0.1, 0.15) is 12.5 Å². The monoisotopic (exact) mass is 144 g/mol. The van der Waals surface area contributed by atoms with Crippen molar-refractivity contribution in [3.8, 4) is 0 Å². The molecule has 0 N–H and O–H groups in total. The summed E-state index contributed by atoms with van der Waals surface area (Å²) in [6.45, 7) is 1.51. The summed E-state index contributed by atoms with van der Waals surface area (Å²) in [5.41, 5.74) is 0.324. The lowest BCUT2D eigenvalue weighted by atomic mass is 10.4. The molecule has 0 aliphatic rings. The maximum Gasteiger partial charge on any atom is 0.512 e. The molecule has 0 rings (SSSR count). The molecule has 0 spiro atoms. The SMILES string of the molecule is COC(=O)O/C=C(\C)C=O. The second kappa shape index (κ2) is 4.55. The number of hydrogen-bond donors (Lipinski definition) is 0. The van der Waals surface area contributed by atoms with Crippen LogP contribution in [0, 0.1) is 0 Å². The predicted molar refractivity (Wildman–Crippen MR) is 33.3 cm³/mol. The molecule has 0 saturated carbocycles. The Kier molecular flexibility index (Phi) is 3.95. The number of methoxy groups -OCH3 is 1. The molecule has 10 heavy (non-hydrogen) atoms. The van der Waals surface area contributed by atoms with E-state index < -0.39 is 6.16 Å². The summed E-state index contributed by atoms with van der Waals surface area (Å²) in [5, 5.41) is 0. The standard InChI is InChI=1S/C6H8O4/c1-5(3-7)4-10-6(8)9-2/h3-4H,1-2H3/b5-4+. The molecule has 0 amide bonds. The molecule has 0 unspecified atom stereocenters. The minimum Gasteiger partial charge on any atom is -0.437 e. The first-order chi connectivity index (χ1) is 4.70. The fourth-order valence-corrected chi connectivity index (χ4v) is 0.217. The van der Waals surface area contributed by atoms with Crippen LogP contribution in [-0.4, -0.2) is 19.6 Å². The quantitative estimate of drug-likeness (QED) is 0.250. The van der Waals surface area contributed by atoms with Gasteiger partial charge in [-0.15, -0.1) is 0 Å². The van der Waals surface area contributed by atoms with Crippen LogP contribution in [0.1, 0.15) is 6.92 Å². The molecule has 0 bridgehead atoms. The molecule has 0 aliphatic carbocycles. The van der Waals surface area contributed by atoms with E-state index in [0.717, 1.165) is 6.26 Å². The molecule has 0 aromatic rings.